The topological polar surface area (TPSA) is 148 Å². The van der Waals surface area contributed by atoms with Crippen LogP contribution in [0.1, 0.15) is 6.42 Å². The van der Waals surface area contributed by atoms with Gasteiger partial charge in [-0.25, -0.2) is 13.2 Å². The molecule has 11 nitrogen and oxygen atoms in total. The fourth-order valence-electron chi connectivity index (χ4n) is 3.68. The number of hydrogen-bond acceptors (Lipinski definition) is 8. The highest BCUT2D eigenvalue weighted by molar-refractivity contribution is 8.07. The van der Waals surface area contributed by atoms with Gasteiger partial charge >= 0.3 is 16.2 Å². The van der Waals surface area contributed by atoms with Crippen molar-refractivity contribution in [3.05, 3.63) is 79.4 Å². The molecule has 1 N–H and O–H groups in total. The maximum atomic E-state index is 13.6. The van der Waals surface area contributed by atoms with Crippen LogP contribution in [0.5, 0.6) is 5.75 Å². The van der Waals surface area contributed by atoms with Crippen molar-refractivity contribution in [3.63, 3.8) is 0 Å². The summed E-state index contributed by atoms with van der Waals surface area (Å²) in [6.07, 6.45) is -0.290. The largest absolute Gasteiger partial charge is 0.507 e. The van der Waals surface area contributed by atoms with E-state index in [9.17, 15) is 31.5 Å². The molecule has 0 saturated heterocycles. The maximum Gasteiger partial charge on any atom is 0.507 e. The number of carbonyl (C=O) groups excluding carboxylic acids is 1. The highest BCUT2D eigenvalue weighted by Crippen LogP contribution is 2.32. The molecule has 2 aromatic carbocycles. The predicted molar refractivity (Wildman–Crippen MR) is 130 cm³/mol. The molecule has 0 amide bonds. The van der Waals surface area contributed by atoms with Crippen molar-refractivity contribution in [3.8, 4) is 5.75 Å². The monoisotopic (exact) mass is 536 g/mol. The number of para-hydroxylation sites is 1. The average Bonchev–Trinajstić information content (AvgIpc) is 3.06. The van der Waals surface area contributed by atoms with Crippen molar-refractivity contribution in [1.29, 1.82) is 0 Å². The van der Waals surface area contributed by atoms with Gasteiger partial charge in [-0.3, -0.25) is 9.10 Å². The Morgan fingerprint density at radius 2 is 1.69 bits per heavy atom. The fraction of sp³-hybridized carbons (Fsp3) is 0.217. The molecule has 0 saturated carbocycles. The minimum absolute atomic E-state index is 0.00813. The van der Waals surface area contributed by atoms with E-state index in [0.29, 0.717) is 16.1 Å². The van der Waals surface area contributed by atoms with Crippen LogP contribution in [0.4, 0.5) is 10.5 Å². The molecule has 0 radical (unpaired) electrons. The van der Waals surface area contributed by atoms with Crippen molar-refractivity contribution in [2.24, 2.45) is 0 Å². The van der Waals surface area contributed by atoms with E-state index in [-0.39, 0.29) is 23.5 Å². The Bertz CT molecular complexity index is 1360. The standard InChI is InChI=1S/C23H24N2O9S2/c1-3-21(26)36(31,32)25(17-9-5-4-6-10-17)20-11-7-8-16-24(22(20)34-23(27)28)35(29,30)19-14-12-18(33-2)13-15-19/h3-10,12-15,20,22H,1,11,16H2,2H3,(H,27,28). The number of hydrogen-bond donors (Lipinski definition) is 1. The summed E-state index contributed by atoms with van der Waals surface area (Å²) < 4.78 is 65.3. The summed E-state index contributed by atoms with van der Waals surface area (Å²) in [5.74, 6) is 0.394. The van der Waals surface area contributed by atoms with E-state index >= 15 is 0 Å². The first-order chi connectivity index (χ1) is 17.0. The predicted octanol–water partition coefficient (Wildman–Crippen LogP) is 2.58. The van der Waals surface area contributed by atoms with Gasteiger partial charge in [0.25, 0.3) is 5.12 Å². The second-order valence-corrected chi connectivity index (χ2v) is 11.1. The van der Waals surface area contributed by atoms with Crippen molar-refractivity contribution in [1.82, 2.24) is 4.31 Å². The summed E-state index contributed by atoms with van der Waals surface area (Å²) in [6.45, 7) is 2.91. The van der Waals surface area contributed by atoms with Crippen LogP contribution in [0.15, 0.2) is 84.3 Å². The smallest absolute Gasteiger partial charge is 0.497 e. The number of ether oxygens (including phenoxy) is 2. The van der Waals surface area contributed by atoms with Crippen LogP contribution in [0.2, 0.25) is 0 Å². The summed E-state index contributed by atoms with van der Waals surface area (Å²) in [5.41, 5.74) is 0.00813. The maximum absolute atomic E-state index is 13.6. The molecule has 2 atom stereocenters. The van der Waals surface area contributed by atoms with Crippen LogP contribution in [-0.4, -0.2) is 63.4 Å². The van der Waals surface area contributed by atoms with Crippen LogP contribution >= 0.6 is 0 Å². The first-order valence-corrected chi connectivity index (χ1v) is 13.4. The highest BCUT2D eigenvalue weighted by atomic mass is 32.2. The first-order valence-electron chi connectivity index (χ1n) is 10.5. The van der Waals surface area contributed by atoms with Crippen molar-refractivity contribution < 1.29 is 41.0 Å². The van der Waals surface area contributed by atoms with Crippen LogP contribution in [0, 0.1) is 0 Å². The molecule has 0 bridgehead atoms. The molecule has 1 aliphatic rings. The van der Waals surface area contributed by atoms with Gasteiger partial charge in [0.1, 0.15) is 11.8 Å². The average molecular weight is 537 g/mol. The molecule has 0 aliphatic carbocycles. The van der Waals surface area contributed by atoms with Gasteiger partial charge in [-0.15, -0.1) is 0 Å². The van der Waals surface area contributed by atoms with E-state index in [1.54, 1.807) is 6.07 Å². The number of carboxylic acid groups (broad SMARTS) is 1. The molecule has 192 valence electrons. The lowest BCUT2D eigenvalue weighted by molar-refractivity contribution is -0.107. The SMILES string of the molecule is C=CC(=O)S(=O)(=O)N(c1ccccc1)C1CC=CCN(S(=O)(=O)c2ccc(OC)cc2)C1OC(=O)O. The van der Waals surface area contributed by atoms with Gasteiger partial charge in [0.05, 0.1) is 17.7 Å². The summed E-state index contributed by atoms with van der Waals surface area (Å²) in [6, 6.07) is 11.3. The third-order valence-corrected chi connectivity index (χ3v) is 8.84. The highest BCUT2D eigenvalue weighted by Gasteiger charge is 2.46. The molecule has 1 heterocycles. The zero-order chi connectivity index (χ0) is 26.5. The Morgan fingerprint density at radius 1 is 1.06 bits per heavy atom. The summed E-state index contributed by atoms with van der Waals surface area (Å²) in [5, 5.41) is 8.13. The number of nitrogens with zero attached hydrogens (tertiary/aromatic N) is 2. The Balaban J connectivity index is 2.21. The molecule has 3 rings (SSSR count). The number of rotatable bonds is 8. The summed E-state index contributed by atoms with van der Waals surface area (Å²) >= 11 is 0. The number of carbonyl (C=O) groups is 2. The van der Waals surface area contributed by atoms with E-state index in [2.05, 4.69) is 6.58 Å². The van der Waals surface area contributed by atoms with Gasteiger partial charge in [-0.05, 0) is 48.9 Å². The molecule has 2 unspecified atom stereocenters. The lowest BCUT2D eigenvalue weighted by atomic mass is 10.1. The number of sulfonamides is 2. The Hall–Kier alpha value is -3.68. The van der Waals surface area contributed by atoms with Crippen molar-refractivity contribution >= 4 is 37.0 Å². The molecule has 2 aromatic rings. The summed E-state index contributed by atoms with van der Waals surface area (Å²) in [4.78, 5) is 23.9. The van der Waals surface area contributed by atoms with Crippen LogP contribution in [0.3, 0.4) is 0 Å². The van der Waals surface area contributed by atoms with Crippen LogP contribution < -0.4 is 9.04 Å². The fourth-order valence-corrected chi connectivity index (χ4v) is 6.52. The molecular formula is C23H24N2O9S2. The molecule has 1 aliphatic heterocycles. The molecule has 0 fully saturated rings. The van der Waals surface area contributed by atoms with Gasteiger partial charge in [0, 0.05) is 6.54 Å². The second kappa shape index (κ2) is 10.9. The molecule has 36 heavy (non-hydrogen) atoms. The molecule has 0 aromatic heterocycles. The molecule has 0 spiro atoms. The van der Waals surface area contributed by atoms with Crippen LogP contribution in [0.25, 0.3) is 0 Å². The van der Waals surface area contributed by atoms with E-state index < -0.39 is 43.6 Å². The lowest BCUT2D eigenvalue weighted by Crippen LogP contribution is -2.57. The molecular weight excluding hydrogens is 512 g/mol. The van der Waals surface area contributed by atoms with E-state index in [1.807, 2.05) is 0 Å². The van der Waals surface area contributed by atoms with Gasteiger partial charge in [0.2, 0.25) is 10.0 Å². The van der Waals surface area contributed by atoms with Gasteiger partial charge < -0.3 is 14.6 Å². The van der Waals surface area contributed by atoms with E-state index in [1.165, 1.54) is 67.8 Å². The molecule has 13 heteroatoms. The lowest BCUT2D eigenvalue weighted by Gasteiger charge is -2.38. The Morgan fingerprint density at radius 3 is 2.25 bits per heavy atom. The minimum Gasteiger partial charge on any atom is -0.497 e. The number of benzene rings is 2. The van der Waals surface area contributed by atoms with E-state index in [0.717, 1.165) is 4.31 Å². The second-order valence-electron chi connectivity index (χ2n) is 7.46. The zero-order valence-corrected chi connectivity index (χ0v) is 20.8. The quantitative estimate of drug-likeness (QED) is 0.305. The number of methoxy groups -OCH3 is 1. The Labute approximate surface area is 209 Å². The third-order valence-electron chi connectivity index (χ3n) is 5.32. The van der Waals surface area contributed by atoms with Gasteiger partial charge in [-0.1, -0.05) is 36.9 Å². The normalized spacial score (nSPS) is 18.6. The minimum atomic E-state index is -4.80. The zero-order valence-electron chi connectivity index (χ0n) is 19.1. The first kappa shape index (κ1) is 26.9. The Kier molecular flexibility index (Phi) is 8.17. The van der Waals surface area contributed by atoms with Gasteiger partial charge in [0.15, 0.2) is 6.23 Å². The summed E-state index contributed by atoms with van der Waals surface area (Å²) in [7, 11) is -7.80. The van der Waals surface area contributed by atoms with Crippen molar-refractivity contribution in [2.45, 2.75) is 23.6 Å². The van der Waals surface area contributed by atoms with E-state index in [4.69, 9.17) is 9.47 Å². The van der Waals surface area contributed by atoms with Crippen molar-refractivity contribution in [2.75, 3.05) is 18.0 Å². The third kappa shape index (κ3) is 5.42. The van der Waals surface area contributed by atoms with Gasteiger partial charge in [-0.2, -0.15) is 12.7 Å². The number of anilines is 1. The van der Waals surface area contributed by atoms with Crippen LogP contribution in [-0.2, 0) is 29.6 Å².